The topological polar surface area (TPSA) is 55.1 Å². The minimum atomic E-state index is -0.328. The molecule has 0 aliphatic rings. The molecule has 0 unspecified atom stereocenters. The summed E-state index contributed by atoms with van der Waals surface area (Å²) in [6, 6.07) is 6.06. The van der Waals surface area contributed by atoms with E-state index in [4.69, 9.17) is 4.52 Å². The second-order valence-electron chi connectivity index (χ2n) is 4.71. The van der Waals surface area contributed by atoms with Gasteiger partial charge >= 0.3 is 0 Å². The monoisotopic (exact) mass is 276 g/mol. The van der Waals surface area contributed by atoms with Crippen molar-refractivity contribution in [3.8, 4) is 0 Å². The lowest BCUT2D eigenvalue weighted by molar-refractivity contribution is -0.120. The van der Waals surface area contributed by atoms with Gasteiger partial charge in [-0.2, -0.15) is 0 Å². The highest BCUT2D eigenvalue weighted by molar-refractivity contribution is 5.78. The molecule has 0 aliphatic carbocycles. The Morgan fingerprint density at radius 3 is 2.85 bits per heavy atom. The van der Waals surface area contributed by atoms with Crippen LogP contribution in [0.5, 0.6) is 0 Å². The summed E-state index contributed by atoms with van der Waals surface area (Å²) < 4.78 is 18.1. The molecule has 0 atom stereocenters. The van der Waals surface area contributed by atoms with Gasteiger partial charge in [0.05, 0.1) is 12.1 Å². The summed E-state index contributed by atoms with van der Waals surface area (Å²) in [5, 5.41) is 6.67. The lowest BCUT2D eigenvalue weighted by atomic mass is 10.1. The Balaban J connectivity index is 1.81. The van der Waals surface area contributed by atoms with Crippen molar-refractivity contribution < 1.29 is 13.7 Å². The molecule has 0 saturated heterocycles. The first-order valence-electron chi connectivity index (χ1n) is 6.49. The molecule has 1 aromatic heterocycles. The van der Waals surface area contributed by atoms with E-state index in [1.165, 1.54) is 12.1 Å². The molecule has 1 amide bonds. The van der Waals surface area contributed by atoms with Crippen LogP contribution in [0.2, 0.25) is 0 Å². The molecule has 0 fully saturated rings. The Hall–Kier alpha value is -2.17. The van der Waals surface area contributed by atoms with Crippen LogP contribution in [0.25, 0.3) is 0 Å². The molecule has 0 saturated carbocycles. The third kappa shape index (κ3) is 3.66. The number of benzene rings is 1. The predicted octanol–water partition coefficient (Wildman–Crippen LogP) is 2.33. The van der Waals surface area contributed by atoms with Crippen LogP contribution in [0.3, 0.4) is 0 Å². The van der Waals surface area contributed by atoms with Crippen molar-refractivity contribution in [3.05, 3.63) is 52.7 Å². The molecule has 2 rings (SSSR count). The summed E-state index contributed by atoms with van der Waals surface area (Å²) >= 11 is 0. The Labute approximate surface area is 117 Å². The van der Waals surface area contributed by atoms with E-state index >= 15 is 0 Å². The Bertz CT molecular complexity index is 588. The van der Waals surface area contributed by atoms with Crippen LogP contribution in [-0.2, 0) is 17.6 Å². The standard InChI is InChI=1S/C15H17FN2O2/c1-10-14(11(2)20-18-10)6-7-17-15(19)9-12-4-3-5-13(16)8-12/h3-5,8H,6-7,9H2,1-2H3,(H,17,19). The number of hydrogen-bond acceptors (Lipinski definition) is 3. The molecule has 0 bridgehead atoms. The Kier molecular flexibility index (Phi) is 4.50. The number of carbonyl (C=O) groups excluding carboxylic acids is 1. The number of nitrogens with zero attached hydrogens (tertiary/aromatic N) is 1. The molecule has 0 spiro atoms. The minimum absolute atomic E-state index is 0.123. The maximum Gasteiger partial charge on any atom is 0.224 e. The molecular weight excluding hydrogens is 259 g/mol. The Morgan fingerprint density at radius 2 is 2.20 bits per heavy atom. The molecule has 20 heavy (non-hydrogen) atoms. The first-order valence-corrected chi connectivity index (χ1v) is 6.49. The van der Waals surface area contributed by atoms with E-state index in [0.717, 1.165) is 17.0 Å². The van der Waals surface area contributed by atoms with Crippen LogP contribution in [0.15, 0.2) is 28.8 Å². The fraction of sp³-hybridized carbons (Fsp3) is 0.333. The third-order valence-corrected chi connectivity index (χ3v) is 3.13. The van der Waals surface area contributed by atoms with Gasteiger partial charge < -0.3 is 9.84 Å². The van der Waals surface area contributed by atoms with Crippen LogP contribution in [0.1, 0.15) is 22.6 Å². The highest BCUT2D eigenvalue weighted by Gasteiger charge is 2.09. The number of amides is 1. The summed E-state index contributed by atoms with van der Waals surface area (Å²) in [6.07, 6.45) is 0.857. The number of halogens is 1. The highest BCUT2D eigenvalue weighted by atomic mass is 19.1. The summed E-state index contributed by atoms with van der Waals surface area (Å²) in [5.74, 6) is 0.329. The van der Waals surface area contributed by atoms with Crippen molar-refractivity contribution >= 4 is 5.91 Å². The zero-order valence-electron chi connectivity index (χ0n) is 11.6. The van der Waals surface area contributed by atoms with Crippen molar-refractivity contribution in [2.45, 2.75) is 26.7 Å². The minimum Gasteiger partial charge on any atom is -0.361 e. The summed E-state index contributed by atoms with van der Waals surface area (Å²) in [6.45, 7) is 4.24. The summed E-state index contributed by atoms with van der Waals surface area (Å²) in [4.78, 5) is 11.7. The SMILES string of the molecule is Cc1noc(C)c1CCNC(=O)Cc1cccc(F)c1. The molecule has 1 heterocycles. The van der Waals surface area contributed by atoms with E-state index in [-0.39, 0.29) is 18.1 Å². The zero-order valence-corrected chi connectivity index (χ0v) is 11.6. The van der Waals surface area contributed by atoms with Gasteiger partial charge in [0, 0.05) is 12.1 Å². The average molecular weight is 276 g/mol. The first kappa shape index (κ1) is 14.2. The van der Waals surface area contributed by atoms with E-state index in [9.17, 15) is 9.18 Å². The maximum absolute atomic E-state index is 13.0. The second-order valence-corrected chi connectivity index (χ2v) is 4.71. The second kappa shape index (κ2) is 6.32. The van der Waals surface area contributed by atoms with Gasteiger partial charge in [-0.05, 0) is 38.0 Å². The predicted molar refractivity (Wildman–Crippen MR) is 72.8 cm³/mol. The molecule has 1 aromatic carbocycles. The largest absolute Gasteiger partial charge is 0.361 e. The molecule has 0 aliphatic heterocycles. The number of nitrogens with one attached hydrogen (secondary N) is 1. The van der Waals surface area contributed by atoms with Gasteiger partial charge in [-0.3, -0.25) is 4.79 Å². The first-order chi connectivity index (χ1) is 9.56. The fourth-order valence-electron chi connectivity index (χ4n) is 2.08. The van der Waals surface area contributed by atoms with Crippen LogP contribution < -0.4 is 5.32 Å². The van der Waals surface area contributed by atoms with Crippen molar-refractivity contribution in [2.75, 3.05) is 6.54 Å². The van der Waals surface area contributed by atoms with E-state index in [1.54, 1.807) is 12.1 Å². The van der Waals surface area contributed by atoms with Crippen LogP contribution in [0.4, 0.5) is 4.39 Å². The lowest BCUT2D eigenvalue weighted by Crippen LogP contribution is -2.27. The van der Waals surface area contributed by atoms with Crippen LogP contribution in [0, 0.1) is 19.7 Å². The van der Waals surface area contributed by atoms with Gasteiger partial charge in [0.15, 0.2) is 0 Å². The molecular formula is C15H17FN2O2. The van der Waals surface area contributed by atoms with Gasteiger partial charge in [0.25, 0.3) is 0 Å². The Morgan fingerprint density at radius 1 is 1.40 bits per heavy atom. The van der Waals surface area contributed by atoms with Crippen LogP contribution >= 0.6 is 0 Å². The van der Waals surface area contributed by atoms with Crippen molar-refractivity contribution in [3.63, 3.8) is 0 Å². The van der Waals surface area contributed by atoms with Gasteiger partial charge in [0.1, 0.15) is 11.6 Å². The number of aryl methyl sites for hydroxylation is 2. The van der Waals surface area contributed by atoms with E-state index in [1.807, 2.05) is 13.8 Å². The normalized spacial score (nSPS) is 10.6. The van der Waals surface area contributed by atoms with Gasteiger partial charge in [-0.25, -0.2) is 4.39 Å². The van der Waals surface area contributed by atoms with Gasteiger partial charge in [-0.1, -0.05) is 17.3 Å². The zero-order chi connectivity index (χ0) is 14.5. The van der Waals surface area contributed by atoms with E-state index < -0.39 is 0 Å². The molecule has 1 N–H and O–H groups in total. The fourth-order valence-corrected chi connectivity index (χ4v) is 2.08. The smallest absolute Gasteiger partial charge is 0.224 e. The maximum atomic E-state index is 13.0. The summed E-state index contributed by atoms with van der Waals surface area (Å²) in [5.41, 5.74) is 2.54. The molecule has 106 valence electrons. The molecule has 5 heteroatoms. The molecule has 2 aromatic rings. The average Bonchev–Trinajstić information content (AvgIpc) is 2.70. The van der Waals surface area contributed by atoms with Crippen molar-refractivity contribution in [1.82, 2.24) is 10.5 Å². The lowest BCUT2D eigenvalue weighted by Gasteiger charge is -2.05. The van der Waals surface area contributed by atoms with Crippen molar-refractivity contribution in [2.24, 2.45) is 0 Å². The molecule has 0 radical (unpaired) electrons. The number of rotatable bonds is 5. The van der Waals surface area contributed by atoms with E-state index in [2.05, 4.69) is 10.5 Å². The van der Waals surface area contributed by atoms with Crippen molar-refractivity contribution in [1.29, 1.82) is 0 Å². The third-order valence-electron chi connectivity index (χ3n) is 3.13. The quantitative estimate of drug-likeness (QED) is 0.912. The highest BCUT2D eigenvalue weighted by Crippen LogP contribution is 2.12. The van der Waals surface area contributed by atoms with Gasteiger partial charge in [0.2, 0.25) is 5.91 Å². The number of aromatic nitrogens is 1. The van der Waals surface area contributed by atoms with E-state index in [0.29, 0.717) is 18.5 Å². The summed E-state index contributed by atoms with van der Waals surface area (Å²) in [7, 11) is 0. The van der Waals surface area contributed by atoms with Gasteiger partial charge in [-0.15, -0.1) is 0 Å². The van der Waals surface area contributed by atoms with Crippen LogP contribution in [-0.4, -0.2) is 17.6 Å². The molecule has 4 nitrogen and oxygen atoms in total. The number of hydrogen-bond donors (Lipinski definition) is 1. The number of carbonyl (C=O) groups is 1.